The summed E-state index contributed by atoms with van der Waals surface area (Å²) in [5, 5.41) is 11.9. The minimum atomic E-state index is -0.122. The maximum Gasteiger partial charge on any atom is 0.233 e. The van der Waals surface area contributed by atoms with Gasteiger partial charge in [0.25, 0.3) is 0 Å². The van der Waals surface area contributed by atoms with Gasteiger partial charge in [0, 0.05) is 25.7 Å². The number of hydrogen-bond donors (Lipinski definition) is 1. The molecule has 0 spiro atoms. The van der Waals surface area contributed by atoms with Crippen LogP contribution in [0, 0.1) is 12.8 Å². The van der Waals surface area contributed by atoms with Crippen molar-refractivity contribution in [2.45, 2.75) is 38.8 Å². The van der Waals surface area contributed by atoms with Gasteiger partial charge in [0.1, 0.15) is 5.82 Å². The average molecular weight is 388 g/mol. The van der Waals surface area contributed by atoms with Crippen molar-refractivity contribution in [3.63, 3.8) is 0 Å². The van der Waals surface area contributed by atoms with Gasteiger partial charge in [-0.1, -0.05) is 24.8 Å². The molecular formula is C19H25N5O2S. The van der Waals surface area contributed by atoms with Crippen molar-refractivity contribution in [2.75, 3.05) is 24.2 Å². The lowest BCUT2D eigenvalue weighted by atomic mass is 10.0. The quantitative estimate of drug-likeness (QED) is 0.798. The lowest BCUT2D eigenvalue weighted by Gasteiger charge is -2.30. The molecule has 144 valence electrons. The number of aryl methyl sites for hydroxylation is 1. The number of aromatic nitrogens is 3. The molecule has 0 saturated carbocycles. The third kappa shape index (κ3) is 4.88. The van der Waals surface area contributed by atoms with Gasteiger partial charge in [-0.3, -0.25) is 14.2 Å². The summed E-state index contributed by atoms with van der Waals surface area (Å²) >= 11 is 1.40. The number of rotatable bonds is 5. The van der Waals surface area contributed by atoms with Crippen molar-refractivity contribution in [2.24, 2.45) is 5.92 Å². The Morgan fingerprint density at radius 1 is 1.33 bits per heavy atom. The van der Waals surface area contributed by atoms with Gasteiger partial charge in [-0.2, -0.15) is 0 Å². The molecule has 1 atom stereocenters. The predicted molar refractivity (Wildman–Crippen MR) is 106 cm³/mol. The Bertz CT molecular complexity index is 835. The van der Waals surface area contributed by atoms with Gasteiger partial charge in [0.05, 0.1) is 11.4 Å². The number of nitrogens with one attached hydrogen (secondary N) is 1. The molecule has 2 amide bonds. The first-order valence-corrected chi connectivity index (χ1v) is 10.1. The number of nitrogens with zero attached hydrogens (tertiary/aromatic N) is 4. The highest BCUT2D eigenvalue weighted by atomic mass is 32.2. The fraction of sp³-hybridized carbons (Fsp3) is 0.474. The van der Waals surface area contributed by atoms with Crippen LogP contribution in [0.3, 0.4) is 0 Å². The van der Waals surface area contributed by atoms with E-state index in [1.165, 1.54) is 25.1 Å². The van der Waals surface area contributed by atoms with Crippen molar-refractivity contribution in [3.8, 4) is 5.69 Å². The lowest BCUT2D eigenvalue weighted by molar-refractivity contribution is -0.130. The summed E-state index contributed by atoms with van der Waals surface area (Å²) in [6.45, 7) is 7.22. The maximum absolute atomic E-state index is 12.5. The highest BCUT2D eigenvalue weighted by Crippen LogP contribution is 2.25. The Kier molecular flexibility index (Phi) is 6.15. The predicted octanol–water partition coefficient (Wildman–Crippen LogP) is 2.88. The van der Waals surface area contributed by atoms with E-state index in [9.17, 15) is 9.59 Å². The van der Waals surface area contributed by atoms with Gasteiger partial charge < -0.3 is 10.2 Å². The highest BCUT2D eigenvalue weighted by Gasteiger charge is 2.22. The van der Waals surface area contributed by atoms with Crippen molar-refractivity contribution in [1.82, 2.24) is 19.7 Å². The van der Waals surface area contributed by atoms with E-state index in [-0.39, 0.29) is 11.8 Å². The van der Waals surface area contributed by atoms with Crippen LogP contribution >= 0.6 is 11.8 Å². The minimum absolute atomic E-state index is 0.122. The molecule has 0 bridgehead atoms. The molecule has 1 unspecified atom stereocenters. The second-order valence-corrected chi connectivity index (χ2v) is 7.92. The van der Waals surface area contributed by atoms with Crippen molar-refractivity contribution < 1.29 is 9.59 Å². The average Bonchev–Trinajstić information content (AvgIpc) is 3.00. The highest BCUT2D eigenvalue weighted by molar-refractivity contribution is 7.99. The Hall–Kier alpha value is -2.35. The number of amides is 2. The molecule has 0 radical (unpaired) electrons. The fourth-order valence-electron chi connectivity index (χ4n) is 3.29. The minimum Gasteiger partial charge on any atom is -0.342 e. The van der Waals surface area contributed by atoms with Crippen molar-refractivity contribution in [3.05, 3.63) is 30.1 Å². The zero-order valence-corrected chi connectivity index (χ0v) is 16.8. The van der Waals surface area contributed by atoms with Crippen LogP contribution in [0.2, 0.25) is 0 Å². The monoisotopic (exact) mass is 387 g/mol. The number of hydrogen-bond acceptors (Lipinski definition) is 5. The number of carbonyl (C=O) groups is 2. The molecule has 1 aliphatic heterocycles. The van der Waals surface area contributed by atoms with E-state index >= 15 is 0 Å². The summed E-state index contributed by atoms with van der Waals surface area (Å²) in [6.07, 6.45) is 2.26. The lowest BCUT2D eigenvalue weighted by Crippen LogP contribution is -2.40. The summed E-state index contributed by atoms with van der Waals surface area (Å²) in [6, 6.07) is 7.50. The first-order chi connectivity index (χ1) is 12.9. The number of piperidine rings is 1. The van der Waals surface area contributed by atoms with E-state index in [0.717, 1.165) is 31.0 Å². The largest absolute Gasteiger partial charge is 0.342 e. The molecule has 1 aromatic carbocycles. The Balaban J connectivity index is 1.73. The SMILES string of the molecule is CC(=O)Nc1cccc(-n2c(C)nnc2SCC(=O)N2CCCC(C)C2)c1. The molecule has 7 nitrogen and oxygen atoms in total. The number of anilines is 1. The van der Waals surface area contributed by atoms with Crippen molar-refractivity contribution >= 4 is 29.3 Å². The molecule has 8 heteroatoms. The Morgan fingerprint density at radius 3 is 2.89 bits per heavy atom. The molecule has 3 rings (SSSR count). The summed E-state index contributed by atoms with van der Waals surface area (Å²) in [5.41, 5.74) is 1.56. The van der Waals surface area contributed by atoms with Crippen LogP contribution in [0.25, 0.3) is 5.69 Å². The Labute approximate surface area is 163 Å². The third-order valence-electron chi connectivity index (χ3n) is 4.55. The number of likely N-dealkylation sites (tertiary alicyclic amines) is 1. The van der Waals surface area contributed by atoms with E-state index in [4.69, 9.17) is 0 Å². The molecule has 1 N–H and O–H groups in total. The second-order valence-electron chi connectivity index (χ2n) is 6.97. The van der Waals surface area contributed by atoms with E-state index in [1.54, 1.807) is 0 Å². The van der Waals surface area contributed by atoms with Crippen LogP contribution in [0.4, 0.5) is 5.69 Å². The molecule has 2 aromatic rings. The van der Waals surface area contributed by atoms with Gasteiger partial charge in [0.2, 0.25) is 11.8 Å². The molecule has 1 fully saturated rings. The Morgan fingerprint density at radius 2 is 2.15 bits per heavy atom. The third-order valence-corrected chi connectivity index (χ3v) is 5.47. The van der Waals surface area contributed by atoms with Crippen molar-refractivity contribution in [1.29, 1.82) is 0 Å². The summed E-state index contributed by atoms with van der Waals surface area (Å²) in [5.74, 6) is 1.66. The first-order valence-electron chi connectivity index (χ1n) is 9.14. The number of benzene rings is 1. The standard InChI is InChI=1S/C19H25N5O2S/c1-13-6-5-9-23(11-13)18(26)12-27-19-22-21-14(2)24(19)17-8-4-7-16(10-17)20-15(3)25/h4,7-8,10,13H,5-6,9,11-12H2,1-3H3,(H,20,25). The van der Waals surface area contributed by atoms with Crippen LogP contribution in [0.1, 0.15) is 32.5 Å². The summed E-state index contributed by atoms with van der Waals surface area (Å²) in [4.78, 5) is 25.8. The topological polar surface area (TPSA) is 80.1 Å². The molecule has 0 aliphatic carbocycles. The van der Waals surface area contributed by atoms with E-state index in [1.807, 2.05) is 40.7 Å². The van der Waals surface area contributed by atoms with E-state index in [0.29, 0.717) is 22.5 Å². The molecule has 2 heterocycles. The molecular weight excluding hydrogens is 362 g/mol. The van der Waals surface area contributed by atoms with Gasteiger partial charge >= 0.3 is 0 Å². The van der Waals surface area contributed by atoms with Crippen LogP contribution in [-0.2, 0) is 9.59 Å². The smallest absolute Gasteiger partial charge is 0.233 e. The maximum atomic E-state index is 12.5. The van der Waals surface area contributed by atoms with Gasteiger partial charge in [-0.05, 0) is 43.9 Å². The van der Waals surface area contributed by atoms with Gasteiger partial charge in [-0.25, -0.2) is 0 Å². The summed E-state index contributed by atoms with van der Waals surface area (Å²) in [7, 11) is 0. The first kappa shape index (κ1) is 19.4. The molecule has 1 saturated heterocycles. The van der Waals surface area contributed by atoms with Gasteiger partial charge in [-0.15, -0.1) is 10.2 Å². The number of thioether (sulfide) groups is 1. The fourth-order valence-corrected chi connectivity index (χ4v) is 4.19. The molecule has 27 heavy (non-hydrogen) atoms. The summed E-state index contributed by atoms with van der Waals surface area (Å²) < 4.78 is 1.90. The zero-order valence-electron chi connectivity index (χ0n) is 15.9. The van der Waals surface area contributed by atoms with E-state index in [2.05, 4.69) is 22.4 Å². The van der Waals surface area contributed by atoms with Gasteiger partial charge in [0.15, 0.2) is 5.16 Å². The second kappa shape index (κ2) is 8.56. The van der Waals surface area contributed by atoms with Crippen LogP contribution in [0.5, 0.6) is 0 Å². The van der Waals surface area contributed by atoms with Crippen LogP contribution in [-0.4, -0.2) is 50.3 Å². The zero-order chi connectivity index (χ0) is 19.4. The normalized spacial score (nSPS) is 17.0. The van der Waals surface area contributed by atoms with Crippen LogP contribution in [0.15, 0.2) is 29.4 Å². The molecule has 1 aliphatic rings. The number of carbonyl (C=O) groups excluding carboxylic acids is 2. The van der Waals surface area contributed by atoms with Crippen LogP contribution < -0.4 is 5.32 Å². The van der Waals surface area contributed by atoms with E-state index < -0.39 is 0 Å². The molecule has 1 aromatic heterocycles.